The SMILES string of the molecule is COc1nc2ccn(CCNc3ccncc3C)c(=O)c2cc1C#N. The molecule has 0 atom stereocenters. The highest BCUT2D eigenvalue weighted by atomic mass is 16.5. The van der Waals surface area contributed by atoms with Gasteiger partial charge in [-0.05, 0) is 30.7 Å². The molecule has 1 N–H and O–H groups in total. The van der Waals surface area contributed by atoms with E-state index in [1.54, 1.807) is 29.2 Å². The molecular weight excluding hydrogens is 318 g/mol. The number of pyridine rings is 3. The van der Waals surface area contributed by atoms with Crippen molar-refractivity contribution >= 4 is 16.6 Å². The Labute approximate surface area is 144 Å². The zero-order valence-electron chi connectivity index (χ0n) is 14.0. The molecule has 0 spiro atoms. The van der Waals surface area contributed by atoms with Gasteiger partial charge in [0.1, 0.15) is 11.6 Å². The van der Waals surface area contributed by atoms with Crippen LogP contribution in [0.1, 0.15) is 11.1 Å². The average Bonchev–Trinajstić information content (AvgIpc) is 2.64. The molecule has 3 aromatic rings. The van der Waals surface area contributed by atoms with Crippen LogP contribution in [0.3, 0.4) is 0 Å². The molecule has 0 radical (unpaired) electrons. The van der Waals surface area contributed by atoms with E-state index in [1.807, 2.05) is 19.1 Å². The van der Waals surface area contributed by atoms with Gasteiger partial charge in [-0.1, -0.05) is 0 Å². The number of hydrogen-bond donors (Lipinski definition) is 1. The molecule has 0 saturated carbocycles. The minimum absolute atomic E-state index is 0.183. The van der Waals surface area contributed by atoms with Gasteiger partial charge in [0.05, 0.1) is 18.0 Å². The first kappa shape index (κ1) is 16.5. The highest BCUT2D eigenvalue weighted by molar-refractivity contribution is 5.79. The second-order valence-corrected chi connectivity index (χ2v) is 5.52. The van der Waals surface area contributed by atoms with E-state index >= 15 is 0 Å². The number of aryl methyl sites for hydroxylation is 1. The molecule has 7 heteroatoms. The average molecular weight is 335 g/mol. The zero-order valence-corrected chi connectivity index (χ0v) is 14.0. The molecule has 0 unspecified atom stereocenters. The summed E-state index contributed by atoms with van der Waals surface area (Å²) in [6, 6.07) is 7.18. The third-order valence-corrected chi connectivity index (χ3v) is 3.92. The minimum atomic E-state index is -0.183. The Morgan fingerprint density at radius 2 is 2.24 bits per heavy atom. The van der Waals surface area contributed by atoms with Crippen LogP contribution in [0.2, 0.25) is 0 Å². The van der Waals surface area contributed by atoms with Gasteiger partial charge in [0, 0.05) is 37.4 Å². The Balaban J connectivity index is 1.85. The summed E-state index contributed by atoms with van der Waals surface area (Å²) >= 11 is 0. The van der Waals surface area contributed by atoms with Crippen LogP contribution in [0.4, 0.5) is 5.69 Å². The lowest BCUT2D eigenvalue weighted by molar-refractivity contribution is 0.398. The number of fused-ring (bicyclic) bond motifs is 1. The smallest absolute Gasteiger partial charge is 0.260 e. The lowest BCUT2D eigenvalue weighted by Crippen LogP contribution is -2.23. The van der Waals surface area contributed by atoms with Gasteiger partial charge in [0.2, 0.25) is 5.88 Å². The molecule has 0 aromatic carbocycles. The topological polar surface area (TPSA) is 92.8 Å². The molecule has 0 amide bonds. The molecule has 0 saturated heterocycles. The lowest BCUT2D eigenvalue weighted by atomic mass is 10.2. The molecule has 7 nitrogen and oxygen atoms in total. The van der Waals surface area contributed by atoms with E-state index in [4.69, 9.17) is 10.00 Å². The molecule has 3 rings (SSSR count). The van der Waals surface area contributed by atoms with E-state index in [2.05, 4.69) is 15.3 Å². The van der Waals surface area contributed by atoms with Crippen molar-refractivity contribution in [3.8, 4) is 11.9 Å². The maximum absolute atomic E-state index is 12.6. The fraction of sp³-hybridized carbons (Fsp3) is 0.222. The molecule has 25 heavy (non-hydrogen) atoms. The Morgan fingerprint density at radius 1 is 1.40 bits per heavy atom. The Kier molecular flexibility index (Phi) is 4.61. The monoisotopic (exact) mass is 335 g/mol. The fourth-order valence-corrected chi connectivity index (χ4v) is 2.59. The van der Waals surface area contributed by atoms with E-state index in [1.165, 1.54) is 13.2 Å². The van der Waals surface area contributed by atoms with E-state index < -0.39 is 0 Å². The van der Waals surface area contributed by atoms with Gasteiger partial charge in [0.25, 0.3) is 5.56 Å². The molecule has 0 bridgehead atoms. The zero-order chi connectivity index (χ0) is 17.8. The number of ether oxygens (including phenoxy) is 1. The summed E-state index contributed by atoms with van der Waals surface area (Å²) in [5.74, 6) is 0.224. The second-order valence-electron chi connectivity index (χ2n) is 5.52. The third kappa shape index (κ3) is 3.28. The van der Waals surface area contributed by atoms with Crippen LogP contribution in [0.5, 0.6) is 5.88 Å². The fourth-order valence-electron chi connectivity index (χ4n) is 2.59. The molecule has 0 aliphatic rings. The van der Waals surface area contributed by atoms with E-state index in [0.717, 1.165) is 11.3 Å². The maximum atomic E-state index is 12.6. The van der Waals surface area contributed by atoms with E-state index in [-0.39, 0.29) is 17.0 Å². The predicted octanol–water partition coefficient (Wildman–Crippen LogP) is 2.09. The first-order valence-corrected chi connectivity index (χ1v) is 7.77. The number of hydrogen-bond acceptors (Lipinski definition) is 6. The van der Waals surface area contributed by atoms with Gasteiger partial charge >= 0.3 is 0 Å². The largest absolute Gasteiger partial charge is 0.480 e. The minimum Gasteiger partial charge on any atom is -0.480 e. The molecular formula is C18H17N5O2. The van der Waals surface area contributed by atoms with Crippen LogP contribution in [-0.2, 0) is 6.54 Å². The summed E-state index contributed by atoms with van der Waals surface area (Å²) in [5, 5.41) is 12.9. The number of aromatic nitrogens is 3. The molecule has 0 fully saturated rings. The number of nitrogens with zero attached hydrogens (tertiary/aromatic N) is 4. The van der Waals surface area contributed by atoms with Crippen LogP contribution in [0, 0.1) is 18.3 Å². The summed E-state index contributed by atoms with van der Waals surface area (Å²) in [6.07, 6.45) is 5.21. The first-order chi connectivity index (χ1) is 12.1. The van der Waals surface area contributed by atoms with E-state index in [9.17, 15) is 4.79 Å². The van der Waals surface area contributed by atoms with Crippen LogP contribution < -0.4 is 15.6 Å². The number of nitrogens with one attached hydrogen (secondary N) is 1. The van der Waals surface area contributed by atoms with Crippen molar-refractivity contribution in [2.45, 2.75) is 13.5 Å². The predicted molar refractivity (Wildman–Crippen MR) is 94.7 cm³/mol. The summed E-state index contributed by atoms with van der Waals surface area (Å²) < 4.78 is 6.68. The van der Waals surface area contributed by atoms with Gasteiger partial charge in [-0.25, -0.2) is 4.98 Å². The molecule has 3 aromatic heterocycles. The van der Waals surface area contributed by atoms with Crippen molar-refractivity contribution in [1.29, 1.82) is 5.26 Å². The van der Waals surface area contributed by atoms with Gasteiger partial charge in [-0.3, -0.25) is 9.78 Å². The highest BCUT2D eigenvalue weighted by Crippen LogP contribution is 2.19. The highest BCUT2D eigenvalue weighted by Gasteiger charge is 2.10. The third-order valence-electron chi connectivity index (χ3n) is 3.92. The maximum Gasteiger partial charge on any atom is 0.260 e. The summed E-state index contributed by atoms with van der Waals surface area (Å²) in [7, 11) is 1.45. The van der Waals surface area contributed by atoms with Crippen molar-refractivity contribution in [2.75, 3.05) is 19.0 Å². The number of nitriles is 1. The van der Waals surface area contributed by atoms with Crippen LogP contribution in [0.25, 0.3) is 10.9 Å². The van der Waals surface area contributed by atoms with Crippen molar-refractivity contribution in [3.05, 3.63) is 58.3 Å². The van der Waals surface area contributed by atoms with Gasteiger partial charge in [-0.2, -0.15) is 5.26 Å². The molecule has 0 aliphatic heterocycles. The Bertz CT molecular complexity index is 1020. The van der Waals surface area contributed by atoms with E-state index in [0.29, 0.717) is 24.0 Å². The van der Waals surface area contributed by atoms with Crippen LogP contribution in [0.15, 0.2) is 41.6 Å². The quantitative estimate of drug-likeness (QED) is 0.767. The molecule has 3 heterocycles. The Morgan fingerprint density at radius 3 is 2.96 bits per heavy atom. The summed E-state index contributed by atoms with van der Waals surface area (Å²) in [6.45, 7) is 3.05. The number of methoxy groups -OCH3 is 1. The molecule has 126 valence electrons. The van der Waals surface area contributed by atoms with Crippen molar-refractivity contribution < 1.29 is 4.74 Å². The van der Waals surface area contributed by atoms with Gasteiger partial charge in [0.15, 0.2) is 0 Å². The van der Waals surface area contributed by atoms with Crippen molar-refractivity contribution in [1.82, 2.24) is 14.5 Å². The van der Waals surface area contributed by atoms with Crippen molar-refractivity contribution in [3.63, 3.8) is 0 Å². The molecule has 0 aliphatic carbocycles. The van der Waals surface area contributed by atoms with Gasteiger partial charge < -0.3 is 14.6 Å². The second kappa shape index (κ2) is 7.01. The standard InChI is InChI=1S/C18H17N5O2/c1-12-11-20-5-3-15(12)21-6-8-23-7-4-16-14(18(23)24)9-13(10-19)17(22-16)25-2/h3-5,7,9,11H,6,8H2,1-2H3,(H,20,21). The Hall–Kier alpha value is -3.40. The van der Waals surface area contributed by atoms with Crippen LogP contribution in [-0.4, -0.2) is 28.2 Å². The lowest BCUT2D eigenvalue weighted by Gasteiger charge is -2.11. The normalized spacial score (nSPS) is 10.4. The van der Waals surface area contributed by atoms with Crippen molar-refractivity contribution in [2.24, 2.45) is 0 Å². The van der Waals surface area contributed by atoms with Gasteiger partial charge in [-0.15, -0.1) is 0 Å². The summed E-state index contributed by atoms with van der Waals surface area (Å²) in [5.41, 5.74) is 2.60. The first-order valence-electron chi connectivity index (χ1n) is 7.77. The number of anilines is 1. The summed E-state index contributed by atoms with van der Waals surface area (Å²) in [4.78, 5) is 20.9. The number of rotatable bonds is 5. The van der Waals surface area contributed by atoms with Crippen LogP contribution >= 0.6 is 0 Å².